The molecule has 2 saturated heterocycles. The van der Waals surface area contributed by atoms with Gasteiger partial charge in [0.05, 0.1) is 11.8 Å². The fourth-order valence-corrected chi connectivity index (χ4v) is 4.97. The van der Waals surface area contributed by atoms with Gasteiger partial charge >= 0.3 is 0 Å². The van der Waals surface area contributed by atoms with E-state index in [1.54, 1.807) is 45.0 Å². The molecule has 8 nitrogen and oxygen atoms in total. The minimum absolute atomic E-state index is 0.0667. The first-order valence-corrected chi connectivity index (χ1v) is 9.44. The summed E-state index contributed by atoms with van der Waals surface area (Å²) in [6.07, 6.45) is 0.349. The minimum Gasteiger partial charge on any atom is -0.370 e. The molecule has 1 aromatic carbocycles. The highest BCUT2D eigenvalue weighted by Gasteiger charge is 2.71. The van der Waals surface area contributed by atoms with Crippen molar-refractivity contribution in [1.29, 1.82) is 0 Å². The number of carbonyl (C=O) groups is 4. The Bertz CT molecular complexity index is 906. The Kier molecular flexibility index (Phi) is 3.91. The molecule has 0 aliphatic carbocycles. The van der Waals surface area contributed by atoms with Crippen LogP contribution in [0.2, 0.25) is 0 Å². The van der Waals surface area contributed by atoms with Gasteiger partial charge in [0.15, 0.2) is 0 Å². The van der Waals surface area contributed by atoms with Gasteiger partial charge in [0.1, 0.15) is 5.54 Å². The molecule has 4 N–H and O–H groups in total. The third-order valence-corrected chi connectivity index (χ3v) is 5.99. The Morgan fingerprint density at radius 3 is 2.50 bits per heavy atom. The van der Waals surface area contributed by atoms with Crippen molar-refractivity contribution in [2.45, 2.75) is 50.7 Å². The van der Waals surface area contributed by atoms with Crippen LogP contribution in [0.5, 0.6) is 0 Å². The molecule has 3 aliphatic heterocycles. The summed E-state index contributed by atoms with van der Waals surface area (Å²) in [4.78, 5) is 52.5. The fraction of sp³-hybridized carbons (Fsp3) is 0.500. The van der Waals surface area contributed by atoms with Crippen LogP contribution < -0.4 is 16.4 Å². The largest absolute Gasteiger partial charge is 0.370 e. The van der Waals surface area contributed by atoms with Gasteiger partial charge in [0.2, 0.25) is 23.6 Å². The fourth-order valence-electron chi connectivity index (χ4n) is 4.97. The maximum atomic E-state index is 13.4. The van der Waals surface area contributed by atoms with E-state index in [0.29, 0.717) is 11.3 Å². The molecule has 2 fully saturated rings. The summed E-state index contributed by atoms with van der Waals surface area (Å²) in [5, 5.41) is 6.12. The molecule has 4 rings (SSSR count). The number of nitrogens with one attached hydrogen (secondary N) is 2. The van der Waals surface area contributed by atoms with Gasteiger partial charge in [-0.05, 0) is 33.3 Å². The second kappa shape index (κ2) is 5.88. The van der Waals surface area contributed by atoms with Gasteiger partial charge in [-0.15, -0.1) is 0 Å². The summed E-state index contributed by atoms with van der Waals surface area (Å²) in [5.41, 5.74) is 4.57. The van der Waals surface area contributed by atoms with Crippen molar-refractivity contribution < 1.29 is 19.2 Å². The molecule has 1 aromatic rings. The number of nitrogens with zero attached hydrogens (tertiary/aromatic N) is 1. The van der Waals surface area contributed by atoms with Crippen LogP contribution in [0.25, 0.3) is 0 Å². The average molecular weight is 384 g/mol. The second-order valence-corrected chi connectivity index (χ2v) is 8.75. The number of para-hydroxylation sites is 1. The van der Waals surface area contributed by atoms with Gasteiger partial charge in [-0.25, -0.2) is 0 Å². The standard InChI is InChI=1S/C20H24N4O4/c1-19(2,3)24-16(26)14-12(8-9-13(21)25)23-20(15(14)17(24)27)10-6-4-5-7-11(10)22-18(20)28/h4-7,12,14-15,23H,8-9H2,1-3H3,(H2,21,25)(H,22,28)/t12-,14-,15+,20+/m1/s1. The lowest BCUT2D eigenvalue weighted by atomic mass is 9.76. The molecule has 0 saturated carbocycles. The number of hydrogen-bond donors (Lipinski definition) is 3. The molecule has 1 spiro atoms. The van der Waals surface area contributed by atoms with Crippen molar-refractivity contribution in [3.63, 3.8) is 0 Å². The van der Waals surface area contributed by atoms with E-state index >= 15 is 0 Å². The highest BCUT2D eigenvalue weighted by Crippen LogP contribution is 2.54. The first-order valence-electron chi connectivity index (χ1n) is 9.44. The van der Waals surface area contributed by atoms with Crippen molar-refractivity contribution in [1.82, 2.24) is 10.2 Å². The van der Waals surface area contributed by atoms with Crippen molar-refractivity contribution >= 4 is 29.3 Å². The summed E-state index contributed by atoms with van der Waals surface area (Å²) >= 11 is 0. The van der Waals surface area contributed by atoms with Gasteiger partial charge in [-0.1, -0.05) is 18.2 Å². The Morgan fingerprint density at radius 2 is 1.86 bits per heavy atom. The quantitative estimate of drug-likeness (QED) is 0.654. The van der Waals surface area contributed by atoms with Crippen LogP contribution in [-0.4, -0.2) is 40.1 Å². The topological polar surface area (TPSA) is 122 Å². The summed E-state index contributed by atoms with van der Waals surface area (Å²) in [6.45, 7) is 5.39. The maximum absolute atomic E-state index is 13.4. The summed E-state index contributed by atoms with van der Waals surface area (Å²) in [6, 6.07) is 6.68. The zero-order chi connectivity index (χ0) is 20.4. The average Bonchev–Trinajstić information content (AvgIpc) is 3.17. The summed E-state index contributed by atoms with van der Waals surface area (Å²) in [5.74, 6) is -3.08. The highest BCUT2D eigenvalue weighted by molar-refractivity contribution is 6.15. The van der Waals surface area contributed by atoms with Gasteiger partial charge in [-0.2, -0.15) is 0 Å². The monoisotopic (exact) mass is 384 g/mol. The van der Waals surface area contributed by atoms with E-state index in [9.17, 15) is 19.2 Å². The number of amides is 4. The molecular formula is C20H24N4O4. The molecule has 28 heavy (non-hydrogen) atoms. The lowest BCUT2D eigenvalue weighted by molar-refractivity contribution is -0.148. The van der Waals surface area contributed by atoms with E-state index < -0.39 is 34.9 Å². The van der Waals surface area contributed by atoms with Crippen LogP contribution >= 0.6 is 0 Å². The SMILES string of the molecule is CC(C)(C)N1C(=O)[C@H]2[C@@H](C1=O)[C@]1(N[C@@H]2CCC(N)=O)C(=O)Nc2ccccc21. The number of fused-ring (bicyclic) bond motifs is 4. The zero-order valence-electron chi connectivity index (χ0n) is 16.1. The molecule has 4 atom stereocenters. The van der Waals surface area contributed by atoms with Gasteiger partial charge in [-0.3, -0.25) is 29.4 Å². The Labute approximate surface area is 162 Å². The lowest BCUT2D eigenvalue weighted by Crippen LogP contribution is -2.55. The van der Waals surface area contributed by atoms with Crippen molar-refractivity contribution in [2.24, 2.45) is 17.6 Å². The molecule has 4 amide bonds. The molecule has 0 bridgehead atoms. The van der Waals surface area contributed by atoms with Crippen molar-refractivity contribution in [2.75, 3.05) is 5.32 Å². The van der Waals surface area contributed by atoms with Crippen molar-refractivity contribution in [3.05, 3.63) is 29.8 Å². The number of anilines is 1. The van der Waals surface area contributed by atoms with Crippen LogP contribution in [0.3, 0.4) is 0 Å². The molecule has 8 heteroatoms. The van der Waals surface area contributed by atoms with E-state index in [-0.39, 0.29) is 30.6 Å². The number of primary amides is 1. The smallest absolute Gasteiger partial charge is 0.250 e. The number of hydrogen-bond acceptors (Lipinski definition) is 5. The van der Waals surface area contributed by atoms with Gasteiger partial charge in [0, 0.05) is 29.3 Å². The normalized spacial score (nSPS) is 31.3. The second-order valence-electron chi connectivity index (χ2n) is 8.75. The molecule has 0 unspecified atom stereocenters. The van der Waals surface area contributed by atoms with E-state index in [2.05, 4.69) is 10.6 Å². The Balaban J connectivity index is 1.86. The molecule has 0 aromatic heterocycles. The Morgan fingerprint density at radius 1 is 1.18 bits per heavy atom. The number of benzene rings is 1. The third kappa shape index (κ3) is 2.33. The van der Waals surface area contributed by atoms with Crippen LogP contribution in [0.1, 0.15) is 39.2 Å². The Hall–Kier alpha value is -2.74. The van der Waals surface area contributed by atoms with Crippen LogP contribution in [-0.2, 0) is 24.7 Å². The van der Waals surface area contributed by atoms with Crippen LogP contribution in [0, 0.1) is 11.8 Å². The van der Waals surface area contributed by atoms with E-state index in [1.807, 2.05) is 0 Å². The zero-order valence-corrected chi connectivity index (χ0v) is 16.1. The number of imide groups is 1. The number of carbonyl (C=O) groups excluding carboxylic acids is 4. The number of rotatable bonds is 3. The van der Waals surface area contributed by atoms with Crippen LogP contribution in [0.15, 0.2) is 24.3 Å². The number of likely N-dealkylation sites (tertiary alicyclic amines) is 1. The summed E-state index contributed by atoms with van der Waals surface area (Å²) in [7, 11) is 0. The third-order valence-electron chi connectivity index (χ3n) is 5.99. The molecular weight excluding hydrogens is 360 g/mol. The van der Waals surface area contributed by atoms with Gasteiger partial charge in [0.25, 0.3) is 0 Å². The highest BCUT2D eigenvalue weighted by atomic mass is 16.2. The van der Waals surface area contributed by atoms with Crippen LogP contribution in [0.4, 0.5) is 5.69 Å². The first kappa shape index (κ1) is 18.6. The molecule has 0 radical (unpaired) electrons. The molecule has 148 valence electrons. The molecule has 3 heterocycles. The van der Waals surface area contributed by atoms with E-state index in [0.717, 1.165) is 0 Å². The summed E-state index contributed by atoms with van der Waals surface area (Å²) < 4.78 is 0. The van der Waals surface area contributed by atoms with Gasteiger partial charge < -0.3 is 11.1 Å². The maximum Gasteiger partial charge on any atom is 0.250 e. The predicted octanol–water partition coefficient (Wildman–Crippen LogP) is 0.471. The van der Waals surface area contributed by atoms with E-state index in [1.165, 1.54) is 4.90 Å². The minimum atomic E-state index is -1.32. The predicted molar refractivity (Wildman–Crippen MR) is 101 cm³/mol. The first-order chi connectivity index (χ1) is 13.1. The number of nitrogens with two attached hydrogens (primary N) is 1. The van der Waals surface area contributed by atoms with E-state index in [4.69, 9.17) is 5.73 Å². The molecule has 3 aliphatic rings. The lowest BCUT2D eigenvalue weighted by Gasteiger charge is -2.34. The van der Waals surface area contributed by atoms with Crippen molar-refractivity contribution in [3.8, 4) is 0 Å².